The highest BCUT2D eigenvalue weighted by molar-refractivity contribution is 5.47. The van der Waals surface area contributed by atoms with Gasteiger partial charge >= 0.3 is 0 Å². The lowest BCUT2D eigenvalue weighted by atomic mass is 9.99. The maximum atomic E-state index is 5.79. The Kier molecular flexibility index (Phi) is 4.19. The van der Waals surface area contributed by atoms with Crippen LogP contribution in [0.4, 0.5) is 0 Å². The SMILES string of the molecule is CCCCOc1cc(C)c(C)c(C)c1C. The molecule has 1 nitrogen and oxygen atoms in total. The molecule has 0 aromatic heterocycles. The zero-order valence-electron chi connectivity index (χ0n) is 10.6. The summed E-state index contributed by atoms with van der Waals surface area (Å²) in [7, 11) is 0. The standard InChI is InChI=1S/C14H22O/c1-6-7-8-15-14-9-10(2)11(3)12(4)13(14)5/h9H,6-8H2,1-5H3. The lowest BCUT2D eigenvalue weighted by Crippen LogP contribution is -2.01. The Labute approximate surface area is 93.5 Å². The van der Waals surface area contributed by atoms with Gasteiger partial charge in [-0.25, -0.2) is 0 Å². The Morgan fingerprint density at radius 2 is 1.67 bits per heavy atom. The molecule has 0 bridgehead atoms. The minimum Gasteiger partial charge on any atom is -0.493 e. The number of hydrogen-bond acceptors (Lipinski definition) is 1. The molecule has 0 radical (unpaired) electrons. The summed E-state index contributed by atoms with van der Waals surface area (Å²) in [5, 5.41) is 0. The zero-order chi connectivity index (χ0) is 11.4. The number of aryl methyl sites for hydroxylation is 1. The van der Waals surface area contributed by atoms with E-state index in [0.29, 0.717) is 0 Å². The maximum absolute atomic E-state index is 5.79. The first-order chi connectivity index (χ1) is 7.07. The molecule has 0 aliphatic rings. The van der Waals surface area contributed by atoms with E-state index in [1.165, 1.54) is 28.7 Å². The van der Waals surface area contributed by atoms with Crippen LogP contribution in [0.25, 0.3) is 0 Å². The van der Waals surface area contributed by atoms with Crippen molar-refractivity contribution in [2.24, 2.45) is 0 Å². The van der Waals surface area contributed by atoms with Gasteiger partial charge in [0.05, 0.1) is 6.61 Å². The van der Waals surface area contributed by atoms with Crippen LogP contribution in [-0.4, -0.2) is 6.61 Å². The molecular formula is C14H22O. The zero-order valence-corrected chi connectivity index (χ0v) is 10.6. The molecule has 0 unspecified atom stereocenters. The monoisotopic (exact) mass is 206 g/mol. The van der Waals surface area contributed by atoms with Crippen LogP contribution >= 0.6 is 0 Å². The summed E-state index contributed by atoms with van der Waals surface area (Å²) in [6, 6.07) is 2.16. The molecule has 1 aromatic rings. The van der Waals surface area contributed by atoms with E-state index in [4.69, 9.17) is 4.74 Å². The molecule has 15 heavy (non-hydrogen) atoms. The van der Waals surface area contributed by atoms with E-state index < -0.39 is 0 Å². The van der Waals surface area contributed by atoms with E-state index in [1.807, 2.05) is 0 Å². The number of unbranched alkanes of at least 4 members (excludes halogenated alkanes) is 1. The van der Waals surface area contributed by atoms with Gasteiger partial charge in [-0.05, 0) is 62.4 Å². The van der Waals surface area contributed by atoms with Crippen molar-refractivity contribution in [1.82, 2.24) is 0 Å². The van der Waals surface area contributed by atoms with Gasteiger partial charge in [0, 0.05) is 0 Å². The highest BCUT2D eigenvalue weighted by Gasteiger charge is 2.07. The summed E-state index contributed by atoms with van der Waals surface area (Å²) < 4.78 is 5.79. The van der Waals surface area contributed by atoms with Crippen molar-refractivity contribution in [3.8, 4) is 5.75 Å². The minimum atomic E-state index is 0.833. The van der Waals surface area contributed by atoms with Crippen LogP contribution in [0, 0.1) is 27.7 Å². The number of ether oxygens (including phenoxy) is 1. The van der Waals surface area contributed by atoms with Crippen LogP contribution in [0.2, 0.25) is 0 Å². The first-order valence-electron chi connectivity index (χ1n) is 5.78. The van der Waals surface area contributed by atoms with Gasteiger partial charge in [-0.15, -0.1) is 0 Å². The van der Waals surface area contributed by atoms with Gasteiger partial charge in [-0.2, -0.15) is 0 Å². The Bertz CT molecular complexity index is 340. The first-order valence-corrected chi connectivity index (χ1v) is 5.78. The average Bonchev–Trinajstić information content (AvgIpc) is 2.23. The quantitative estimate of drug-likeness (QED) is 0.674. The van der Waals surface area contributed by atoms with Crippen molar-refractivity contribution in [2.75, 3.05) is 6.61 Å². The molecular weight excluding hydrogens is 184 g/mol. The fourth-order valence-corrected chi connectivity index (χ4v) is 1.65. The molecule has 0 saturated carbocycles. The van der Waals surface area contributed by atoms with Gasteiger partial charge in [0.15, 0.2) is 0 Å². The Morgan fingerprint density at radius 3 is 2.27 bits per heavy atom. The Morgan fingerprint density at radius 1 is 1.00 bits per heavy atom. The van der Waals surface area contributed by atoms with Crippen LogP contribution in [-0.2, 0) is 0 Å². The lowest BCUT2D eigenvalue weighted by Gasteiger charge is -2.14. The molecule has 0 heterocycles. The van der Waals surface area contributed by atoms with Crippen LogP contribution in [0.3, 0.4) is 0 Å². The van der Waals surface area contributed by atoms with Crippen molar-refractivity contribution in [3.05, 3.63) is 28.3 Å². The third-order valence-corrected chi connectivity index (χ3v) is 3.19. The second-order valence-corrected chi connectivity index (χ2v) is 4.27. The van der Waals surface area contributed by atoms with Gasteiger partial charge < -0.3 is 4.74 Å². The van der Waals surface area contributed by atoms with Crippen molar-refractivity contribution in [3.63, 3.8) is 0 Å². The number of benzene rings is 1. The Balaban J connectivity index is 2.89. The topological polar surface area (TPSA) is 9.23 Å². The first kappa shape index (κ1) is 12.1. The van der Waals surface area contributed by atoms with E-state index >= 15 is 0 Å². The van der Waals surface area contributed by atoms with Crippen molar-refractivity contribution in [1.29, 1.82) is 0 Å². The second-order valence-electron chi connectivity index (χ2n) is 4.27. The normalized spacial score (nSPS) is 10.5. The molecule has 0 N–H and O–H groups in total. The molecule has 0 aliphatic heterocycles. The lowest BCUT2D eigenvalue weighted by molar-refractivity contribution is 0.307. The third kappa shape index (κ3) is 2.74. The molecule has 0 amide bonds. The summed E-state index contributed by atoms with van der Waals surface area (Å²) >= 11 is 0. The smallest absolute Gasteiger partial charge is 0.122 e. The summed E-state index contributed by atoms with van der Waals surface area (Å²) in [4.78, 5) is 0. The molecule has 0 aliphatic carbocycles. The van der Waals surface area contributed by atoms with Crippen LogP contribution in [0.15, 0.2) is 6.07 Å². The number of hydrogen-bond donors (Lipinski definition) is 0. The van der Waals surface area contributed by atoms with Crippen LogP contribution < -0.4 is 4.74 Å². The van der Waals surface area contributed by atoms with Crippen LogP contribution in [0.1, 0.15) is 42.0 Å². The van der Waals surface area contributed by atoms with Gasteiger partial charge in [-0.1, -0.05) is 13.3 Å². The van der Waals surface area contributed by atoms with Crippen molar-refractivity contribution < 1.29 is 4.74 Å². The fourth-order valence-electron chi connectivity index (χ4n) is 1.65. The van der Waals surface area contributed by atoms with Crippen LogP contribution in [0.5, 0.6) is 5.75 Å². The minimum absolute atomic E-state index is 0.833. The molecule has 1 heteroatoms. The molecule has 0 saturated heterocycles. The summed E-state index contributed by atoms with van der Waals surface area (Å²) in [5.74, 6) is 1.06. The molecule has 0 spiro atoms. The van der Waals surface area contributed by atoms with Crippen molar-refractivity contribution in [2.45, 2.75) is 47.5 Å². The summed E-state index contributed by atoms with van der Waals surface area (Å²) in [6.07, 6.45) is 2.31. The Hall–Kier alpha value is -0.980. The predicted octanol–water partition coefficient (Wildman–Crippen LogP) is 4.10. The third-order valence-electron chi connectivity index (χ3n) is 3.19. The number of rotatable bonds is 4. The molecule has 0 fully saturated rings. The van der Waals surface area contributed by atoms with E-state index in [9.17, 15) is 0 Å². The van der Waals surface area contributed by atoms with Gasteiger partial charge in [0.2, 0.25) is 0 Å². The maximum Gasteiger partial charge on any atom is 0.122 e. The van der Waals surface area contributed by atoms with E-state index in [2.05, 4.69) is 40.7 Å². The highest BCUT2D eigenvalue weighted by Crippen LogP contribution is 2.27. The molecule has 0 atom stereocenters. The summed E-state index contributed by atoms with van der Waals surface area (Å²) in [5.41, 5.74) is 5.36. The van der Waals surface area contributed by atoms with Gasteiger partial charge in [-0.3, -0.25) is 0 Å². The summed E-state index contributed by atoms with van der Waals surface area (Å²) in [6.45, 7) is 11.6. The molecule has 84 valence electrons. The van der Waals surface area contributed by atoms with Gasteiger partial charge in [0.1, 0.15) is 5.75 Å². The molecule has 1 rings (SSSR count). The van der Waals surface area contributed by atoms with E-state index in [-0.39, 0.29) is 0 Å². The second kappa shape index (κ2) is 5.20. The largest absolute Gasteiger partial charge is 0.493 e. The fraction of sp³-hybridized carbons (Fsp3) is 0.571. The van der Waals surface area contributed by atoms with Gasteiger partial charge in [0.25, 0.3) is 0 Å². The van der Waals surface area contributed by atoms with Crippen molar-refractivity contribution >= 4 is 0 Å². The van der Waals surface area contributed by atoms with E-state index in [0.717, 1.165) is 18.8 Å². The van der Waals surface area contributed by atoms with E-state index in [1.54, 1.807) is 0 Å². The highest BCUT2D eigenvalue weighted by atomic mass is 16.5. The molecule has 1 aromatic carbocycles. The predicted molar refractivity (Wildman–Crippen MR) is 65.8 cm³/mol. The average molecular weight is 206 g/mol.